The highest BCUT2D eigenvalue weighted by atomic mass is 35.5. The third-order valence-corrected chi connectivity index (χ3v) is 6.31. The number of rotatable bonds is 10. The van der Waals surface area contributed by atoms with E-state index < -0.39 is 5.91 Å². The Labute approximate surface area is 224 Å². The van der Waals surface area contributed by atoms with Gasteiger partial charge in [0.25, 0.3) is 5.91 Å². The number of hydrogen-bond donors (Lipinski definition) is 3. The number of carbonyl (C=O) groups excluding carboxylic acids is 2. The first-order valence-corrected chi connectivity index (χ1v) is 12.1. The summed E-state index contributed by atoms with van der Waals surface area (Å²) in [7, 11) is 1.72. The molecule has 36 heavy (non-hydrogen) atoms. The molecule has 1 heterocycles. The molecule has 1 aromatic heterocycles. The molecule has 3 aromatic rings. The number of aromatic nitrogens is 2. The van der Waals surface area contributed by atoms with E-state index >= 15 is 0 Å². The number of thiocarbonyl (C=S) groups is 1. The Hall–Kier alpha value is -3.27. The zero-order valence-corrected chi connectivity index (χ0v) is 22.0. The van der Waals surface area contributed by atoms with Crippen molar-refractivity contribution in [1.29, 1.82) is 0 Å². The highest BCUT2D eigenvalue weighted by Gasteiger charge is 2.19. The van der Waals surface area contributed by atoms with Crippen LogP contribution in [0.1, 0.15) is 35.0 Å². The average Bonchev–Trinajstić information content (AvgIpc) is 3.13. The van der Waals surface area contributed by atoms with Crippen LogP contribution in [0.15, 0.2) is 47.5 Å². The maximum Gasteiger partial charge on any atom is 0.251 e. The van der Waals surface area contributed by atoms with Crippen LogP contribution in [-0.4, -0.2) is 50.4 Å². The lowest BCUT2D eigenvalue weighted by Crippen LogP contribution is -2.27. The number of primary amides is 1. The number of nitrogens with two attached hydrogens (primary N) is 1. The Morgan fingerprint density at radius 1 is 1.19 bits per heavy atom. The molecule has 0 bridgehead atoms. The topological polar surface area (TPSA) is 123 Å². The van der Waals surface area contributed by atoms with Gasteiger partial charge in [0.05, 0.1) is 22.3 Å². The van der Waals surface area contributed by atoms with Crippen LogP contribution in [0.3, 0.4) is 0 Å². The Morgan fingerprint density at radius 2 is 1.94 bits per heavy atom. The van der Waals surface area contributed by atoms with Crippen LogP contribution in [0.2, 0.25) is 10.0 Å². The number of hydrogen-bond acceptors (Lipinski definition) is 6. The molecule has 0 atom stereocenters. The molecule has 4 N–H and O–H groups in total. The molecular weight excluding hydrogens is 521 g/mol. The summed E-state index contributed by atoms with van der Waals surface area (Å²) >= 11 is 17.6. The lowest BCUT2D eigenvalue weighted by atomic mass is 10.1. The number of nitrogens with zero attached hydrogens (tertiary/aromatic N) is 3. The van der Waals surface area contributed by atoms with E-state index in [0.29, 0.717) is 49.6 Å². The van der Waals surface area contributed by atoms with Gasteiger partial charge >= 0.3 is 0 Å². The maximum atomic E-state index is 12.3. The molecule has 2 amide bonds. The maximum absolute atomic E-state index is 12.3. The number of benzene rings is 2. The van der Waals surface area contributed by atoms with E-state index in [9.17, 15) is 14.7 Å². The zero-order chi connectivity index (χ0) is 26.4. The summed E-state index contributed by atoms with van der Waals surface area (Å²) in [5.74, 6) is -0.783. The van der Waals surface area contributed by atoms with Gasteiger partial charge in [-0.05, 0) is 36.8 Å². The first-order valence-electron chi connectivity index (χ1n) is 11.0. The predicted molar refractivity (Wildman–Crippen MR) is 146 cm³/mol. The highest BCUT2D eigenvalue weighted by molar-refractivity contribution is 7.80. The van der Waals surface area contributed by atoms with Crippen molar-refractivity contribution >= 4 is 57.8 Å². The molecule has 0 aliphatic carbocycles. The van der Waals surface area contributed by atoms with Crippen molar-refractivity contribution in [3.05, 3.63) is 69.3 Å². The molecule has 2 aromatic carbocycles. The molecule has 0 spiro atoms. The predicted octanol–water partition coefficient (Wildman–Crippen LogP) is 4.13. The van der Waals surface area contributed by atoms with Crippen LogP contribution in [0, 0.1) is 0 Å². The normalized spacial score (nSPS) is 11.4. The second-order valence-electron chi connectivity index (χ2n) is 8.09. The molecule has 0 saturated heterocycles. The van der Waals surface area contributed by atoms with Crippen LogP contribution in [0.25, 0.3) is 11.3 Å². The van der Waals surface area contributed by atoms with Crippen LogP contribution in [0.5, 0.6) is 5.75 Å². The van der Waals surface area contributed by atoms with E-state index in [1.165, 1.54) is 0 Å². The molecule has 3 rings (SSSR count). The fraction of sp³-hybridized carbons (Fsp3) is 0.240. The number of amides is 2. The lowest BCUT2D eigenvalue weighted by molar-refractivity contribution is -0.117. The minimum atomic E-state index is -0.477. The van der Waals surface area contributed by atoms with Crippen LogP contribution < -0.4 is 11.1 Å². The standard InChI is InChI=1S/C25H25Cl2N5O3S/c1-14(22-24(34)23(32(2)31-22)16-6-7-19(26)20(27)12-16)30-13-18(36)11-15-4-3-5-17(10-15)25(35)29-9-8-21(28)33/h3-7,10,12,34H,8-9,11,13H2,1-2H3,(H2,28,33)(H,29,35). The van der Waals surface area contributed by atoms with E-state index in [1.807, 2.05) is 6.07 Å². The average molecular weight is 546 g/mol. The summed E-state index contributed by atoms with van der Waals surface area (Å²) in [6.45, 7) is 2.17. The van der Waals surface area contributed by atoms with Gasteiger partial charge in [-0.2, -0.15) is 5.10 Å². The number of aromatic hydroxyl groups is 1. The molecule has 0 fully saturated rings. The van der Waals surface area contributed by atoms with Crippen molar-refractivity contribution in [3.63, 3.8) is 0 Å². The van der Waals surface area contributed by atoms with E-state index in [2.05, 4.69) is 15.4 Å². The largest absolute Gasteiger partial charge is 0.504 e. The van der Waals surface area contributed by atoms with E-state index in [0.717, 1.165) is 5.56 Å². The Kier molecular flexibility index (Phi) is 9.19. The van der Waals surface area contributed by atoms with Gasteiger partial charge in [0.1, 0.15) is 11.4 Å². The van der Waals surface area contributed by atoms with Crippen molar-refractivity contribution in [3.8, 4) is 17.0 Å². The SMILES string of the molecule is CC(=NCC(=S)Cc1cccc(C(=O)NCCC(N)=O)c1)c1nn(C)c(-c2ccc(Cl)c(Cl)c2)c1O. The second kappa shape index (κ2) is 12.1. The minimum Gasteiger partial charge on any atom is -0.504 e. The van der Waals surface area contributed by atoms with Gasteiger partial charge in [-0.25, -0.2) is 0 Å². The van der Waals surface area contributed by atoms with Crippen molar-refractivity contribution in [2.75, 3.05) is 13.1 Å². The van der Waals surface area contributed by atoms with Gasteiger partial charge in [-0.1, -0.05) is 53.6 Å². The van der Waals surface area contributed by atoms with Crippen molar-refractivity contribution < 1.29 is 14.7 Å². The third kappa shape index (κ3) is 6.90. The molecule has 0 aliphatic rings. The van der Waals surface area contributed by atoms with Gasteiger partial charge in [0, 0.05) is 42.4 Å². The van der Waals surface area contributed by atoms with E-state index in [4.69, 9.17) is 41.2 Å². The summed E-state index contributed by atoms with van der Waals surface area (Å²) in [4.78, 5) is 28.3. The Morgan fingerprint density at radius 3 is 2.64 bits per heavy atom. The molecule has 8 nitrogen and oxygen atoms in total. The highest BCUT2D eigenvalue weighted by Crippen LogP contribution is 2.35. The van der Waals surface area contributed by atoms with Gasteiger partial charge in [-0.15, -0.1) is 0 Å². The van der Waals surface area contributed by atoms with Gasteiger partial charge < -0.3 is 16.2 Å². The number of aryl methyl sites for hydroxylation is 1. The zero-order valence-electron chi connectivity index (χ0n) is 19.7. The van der Waals surface area contributed by atoms with Gasteiger partial charge in [-0.3, -0.25) is 19.3 Å². The Balaban J connectivity index is 1.67. The van der Waals surface area contributed by atoms with Gasteiger partial charge in [0.15, 0.2) is 5.75 Å². The second-order valence-corrected chi connectivity index (χ2v) is 9.48. The molecule has 0 saturated carbocycles. The smallest absolute Gasteiger partial charge is 0.251 e. The number of halogens is 2. The summed E-state index contributed by atoms with van der Waals surface area (Å²) in [5, 5.41) is 18.7. The summed E-state index contributed by atoms with van der Waals surface area (Å²) in [5.41, 5.74) is 8.45. The number of carbonyl (C=O) groups is 2. The molecule has 188 valence electrons. The number of aliphatic imine (C=N–C) groups is 1. The monoisotopic (exact) mass is 545 g/mol. The van der Waals surface area contributed by atoms with E-state index in [1.54, 1.807) is 55.1 Å². The van der Waals surface area contributed by atoms with Crippen molar-refractivity contribution in [1.82, 2.24) is 15.1 Å². The van der Waals surface area contributed by atoms with Crippen LogP contribution in [-0.2, 0) is 18.3 Å². The number of nitrogens with one attached hydrogen (secondary N) is 1. The third-order valence-electron chi connectivity index (χ3n) is 5.30. The molecule has 0 unspecified atom stereocenters. The van der Waals surface area contributed by atoms with Gasteiger partial charge in [0.2, 0.25) is 5.91 Å². The first-order chi connectivity index (χ1) is 17.1. The van der Waals surface area contributed by atoms with Crippen LogP contribution in [0.4, 0.5) is 0 Å². The van der Waals surface area contributed by atoms with Crippen molar-refractivity contribution in [2.24, 2.45) is 17.8 Å². The first kappa shape index (κ1) is 27.3. The molecule has 0 radical (unpaired) electrons. The Bertz CT molecular complexity index is 1350. The lowest BCUT2D eigenvalue weighted by Gasteiger charge is -2.07. The molecule has 11 heteroatoms. The summed E-state index contributed by atoms with van der Waals surface area (Å²) < 4.78 is 1.56. The fourth-order valence-corrected chi connectivity index (χ4v) is 4.04. The quantitative estimate of drug-likeness (QED) is 0.261. The fourth-order valence-electron chi connectivity index (χ4n) is 3.51. The molecular formula is C25H25Cl2N5O3S. The summed E-state index contributed by atoms with van der Waals surface area (Å²) in [6, 6.07) is 12.1. The van der Waals surface area contributed by atoms with Crippen LogP contribution >= 0.6 is 35.4 Å². The summed E-state index contributed by atoms with van der Waals surface area (Å²) in [6.07, 6.45) is 0.519. The van der Waals surface area contributed by atoms with Crippen molar-refractivity contribution in [2.45, 2.75) is 19.8 Å². The molecule has 0 aliphatic heterocycles. The van der Waals surface area contributed by atoms with E-state index in [-0.39, 0.29) is 31.2 Å². The minimum absolute atomic E-state index is 0.0156.